The number of nitrogen functional groups attached to an aromatic ring is 1. The van der Waals surface area contributed by atoms with Gasteiger partial charge in [0.15, 0.2) is 0 Å². The summed E-state index contributed by atoms with van der Waals surface area (Å²) in [5.41, 5.74) is 6.71. The molecule has 0 saturated carbocycles. The number of carbonyl (C=O) groups excluding carboxylic acids is 1. The second-order valence-corrected chi connectivity index (χ2v) is 5.15. The van der Waals surface area contributed by atoms with Gasteiger partial charge in [0.05, 0.1) is 0 Å². The number of hydrogen-bond donors (Lipinski definition) is 3. The fourth-order valence-electron chi connectivity index (χ4n) is 1.49. The molecule has 2 amide bonds. The van der Waals surface area contributed by atoms with Crippen LogP contribution in [-0.4, -0.2) is 48.1 Å². The summed E-state index contributed by atoms with van der Waals surface area (Å²) in [6, 6.07) is -0.117. The molecule has 0 radical (unpaired) electrons. The second kappa shape index (κ2) is 6.93. The van der Waals surface area contributed by atoms with Gasteiger partial charge in [-0.2, -0.15) is 0 Å². The van der Waals surface area contributed by atoms with E-state index >= 15 is 0 Å². The lowest BCUT2D eigenvalue weighted by Gasteiger charge is -2.15. The zero-order valence-corrected chi connectivity index (χ0v) is 12.8. The molecule has 0 aliphatic heterocycles. The second-order valence-electron chi connectivity index (χ2n) is 5.15. The summed E-state index contributed by atoms with van der Waals surface area (Å²) in [6.07, 6.45) is 0. The first kappa shape index (κ1) is 16.0. The van der Waals surface area contributed by atoms with Crippen LogP contribution in [0.5, 0.6) is 0 Å². The number of aromatic nitrogens is 2. The summed E-state index contributed by atoms with van der Waals surface area (Å²) in [4.78, 5) is 21.6. The number of anilines is 2. The van der Waals surface area contributed by atoms with Crippen molar-refractivity contribution in [3.05, 3.63) is 11.4 Å². The minimum atomic E-state index is -0.117. The predicted molar refractivity (Wildman–Crippen MR) is 80.8 cm³/mol. The highest BCUT2D eigenvalue weighted by Crippen LogP contribution is 2.20. The predicted octanol–water partition coefficient (Wildman–Crippen LogP) is 1.17. The third kappa shape index (κ3) is 4.25. The van der Waals surface area contributed by atoms with Gasteiger partial charge >= 0.3 is 6.03 Å². The molecular formula is C13H24N6O. The van der Waals surface area contributed by atoms with Crippen LogP contribution in [0.15, 0.2) is 0 Å². The van der Waals surface area contributed by atoms with Gasteiger partial charge in [0.1, 0.15) is 17.5 Å². The van der Waals surface area contributed by atoms with E-state index in [0.717, 1.165) is 11.4 Å². The fraction of sp³-hybridized carbons (Fsp3) is 0.615. The molecular weight excluding hydrogens is 256 g/mol. The average Bonchev–Trinajstić information content (AvgIpc) is 2.38. The lowest BCUT2D eigenvalue weighted by molar-refractivity contribution is 0.218. The molecule has 0 spiro atoms. The van der Waals surface area contributed by atoms with Crippen molar-refractivity contribution in [1.29, 1.82) is 0 Å². The normalized spacial score (nSPS) is 10.5. The van der Waals surface area contributed by atoms with Crippen molar-refractivity contribution in [3.63, 3.8) is 0 Å². The smallest absolute Gasteiger partial charge is 0.316 e. The Kier molecular flexibility index (Phi) is 5.54. The summed E-state index contributed by atoms with van der Waals surface area (Å²) in [5.74, 6) is 2.14. The highest BCUT2D eigenvalue weighted by atomic mass is 16.2. The Labute approximate surface area is 120 Å². The molecule has 0 aliphatic carbocycles. The minimum absolute atomic E-state index is 0.117. The summed E-state index contributed by atoms with van der Waals surface area (Å²) in [6.45, 7) is 7.00. The fourth-order valence-corrected chi connectivity index (χ4v) is 1.49. The molecule has 7 heteroatoms. The highest BCUT2D eigenvalue weighted by Gasteiger charge is 2.11. The van der Waals surface area contributed by atoms with E-state index in [-0.39, 0.29) is 11.9 Å². The number of carbonyl (C=O) groups is 1. The van der Waals surface area contributed by atoms with Crippen molar-refractivity contribution >= 4 is 17.7 Å². The molecule has 20 heavy (non-hydrogen) atoms. The number of nitrogens with one attached hydrogen (secondary N) is 2. The number of urea groups is 1. The lowest BCUT2D eigenvalue weighted by Crippen LogP contribution is -2.37. The zero-order chi connectivity index (χ0) is 15.3. The maximum Gasteiger partial charge on any atom is 0.316 e. The van der Waals surface area contributed by atoms with Gasteiger partial charge in [0.25, 0.3) is 0 Å². The van der Waals surface area contributed by atoms with E-state index in [1.807, 2.05) is 20.8 Å². The number of rotatable bonds is 5. The first-order valence-electron chi connectivity index (χ1n) is 6.66. The van der Waals surface area contributed by atoms with Gasteiger partial charge < -0.3 is 21.3 Å². The molecule has 112 valence electrons. The Morgan fingerprint density at radius 2 is 1.95 bits per heavy atom. The van der Waals surface area contributed by atoms with E-state index in [0.29, 0.717) is 24.7 Å². The van der Waals surface area contributed by atoms with Gasteiger partial charge in [-0.15, -0.1) is 0 Å². The van der Waals surface area contributed by atoms with Gasteiger partial charge in [0.2, 0.25) is 0 Å². The lowest BCUT2D eigenvalue weighted by atomic mass is 10.2. The first-order valence-corrected chi connectivity index (χ1v) is 6.66. The molecule has 4 N–H and O–H groups in total. The van der Waals surface area contributed by atoms with E-state index in [1.54, 1.807) is 14.1 Å². The van der Waals surface area contributed by atoms with Crippen LogP contribution >= 0.6 is 0 Å². The molecule has 7 nitrogen and oxygen atoms in total. The minimum Gasteiger partial charge on any atom is -0.383 e. The Balaban J connectivity index is 2.61. The largest absolute Gasteiger partial charge is 0.383 e. The van der Waals surface area contributed by atoms with Crippen LogP contribution in [0.25, 0.3) is 0 Å². The van der Waals surface area contributed by atoms with E-state index in [2.05, 4.69) is 20.6 Å². The molecule has 1 aromatic heterocycles. The quantitative estimate of drug-likeness (QED) is 0.704. The Morgan fingerprint density at radius 3 is 2.50 bits per heavy atom. The Hall–Kier alpha value is -2.05. The standard InChI is InChI=1S/C13H24N6O/c1-8(2)11-17-10(14)9(3)12(18-11)15-6-7-16-13(20)19(4)5/h8H,6-7H2,1-5H3,(H,16,20)(H3,14,15,17,18). The third-order valence-electron chi connectivity index (χ3n) is 2.82. The molecule has 0 aromatic carbocycles. The summed E-state index contributed by atoms with van der Waals surface area (Å²) >= 11 is 0. The molecule has 0 aliphatic rings. The van der Waals surface area contributed by atoms with Crippen molar-refractivity contribution in [2.75, 3.05) is 38.2 Å². The topological polar surface area (TPSA) is 96.2 Å². The summed E-state index contributed by atoms with van der Waals surface area (Å²) < 4.78 is 0. The third-order valence-corrected chi connectivity index (χ3v) is 2.82. The maximum atomic E-state index is 11.4. The van der Waals surface area contributed by atoms with Crippen molar-refractivity contribution in [1.82, 2.24) is 20.2 Å². The van der Waals surface area contributed by atoms with Crippen molar-refractivity contribution in [2.45, 2.75) is 26.7 Å². The van der Waals surface area contributed by atoms with E-state index in [1.165, 1.54) is 4.90 Å². The molecule has 0 atom stereocenters. The first-order chi connectivity index (χ1) is 9.32. The molecule has 0 bridgehead atoms. The van der Waals surface area contributed by atoms with E-state index < -0.39 is 0 Å². The van der Waals surface area contributed by atoms with Gasteiger partial charge in [-0.3, -0.25) is 0 Å². The zero-order valence-electron chi connectivity index (χ0n) is 12.8. The van der Waals surface area contributed by atoms with Gasteiger partial charge in [-0.05, 0) is 6.92 Å². The van der Waals surface area contributed by atoms with Crippen LogP contribution in [0.3, 0.4) is 0 Å². The van der Waals surface area contributed by atoms with Crippen LogP contribution in [0.2, 0.25) is 0 Å². The van der Waals surface area contributed by atoms with Crippen LogP contribution in [0.4, 0.5) is 16.4 Å². The van der Waals surface area contributed by atoms with Crippen LogP contribution in [0, 0.1) is 6.92 Å². The maximum absolute atomic E-state index is 11.4. The van der Waals surface area contributed by atoms with Crippen LogP contribution in [0.1, 0.15) is 31.2 Å². The Morgan fingerprint density at radius 1 is 1.30 bits per heavy atom. The molecule has 0 unspecified atom stereocenters. The van der Waals surface area contributed by atoms with Gasteiger partial charge in [0, 0.05) is 38.7 Å². The summed E-state index contributed by atoms with van der Waals surface area (Å²) in [5, 5.41) is 5.95. The van der Waals surface area contributed by atoms with Gasteiger partial charge in [-0.25, -0.2) is 14.8 Å². The number of nitrogens with two attached hydrogens (primary N) is 1. The molecule has 0 saturated heterocycles. The molecule has 1 aromatic rings. The number of hydrogen-bond acceptors (Lipinski definition) is 5. The Bertz CT molecular complexity index is 472. The molecule has 0 fully saturated rings. The molecule has 1 heterocycles. The molecule has 1 rings (SSSR count). The van der Waals surface area contributed by atoms with Crippen LogP contribution in [-0.2, 0) is 0 Å². The number of amides is 2. The van der Waals surface area contributed by atoms with Crippen molar-refractivity contribution < 1.29 is 4.79 Å². The number of nitrogens with zero attached hydrogens (tertiary/aromatic N) is 3. The van der Waals surface area contributed by atoms with Crippen molar-refractivity contribution in [3.8, 4) is 0 Å². The monoisotopic (exact) mass is 280 g/mol. The average molecular weight is 280 g/mol. The highest BCUT2D eigenvalue weighted by molar-refractivity contribution is 5.73. The van der Waals surface area contributed by atoms with Crippen LogP contribution < -0.4 is 16.4 Å². The van der Waals surface area contributed by atoms with Gasteiger partial charge in [-0.1, -0.05) is 13.8 Å². The van der Waals surface area contributed by atoms with E-state index in [4.69, 9.17) is 5.73 Å². The summed E-state index contributed by atoms with van der Waals surface area (Å²) in [7, 11) is 3.40. The van der Waals surface area contributed by atoms with E-state index in [9.17, 15) is 4.79 Å². The van der Waals surface area contributed by atoms with Crippen molar-refractivity contribution in [2.24, 2.45) is 0 Å². The SMILES string of the molecule is Cc1c(N)nc(C(C)C)nc1NCCNC(=O)N(C)C.